The summed E-state index contributed by atoms with van der Waals surface area (Å²) in [5, 5.41) is 3.97. The quantitative estimate of drug-likeness (QED) is 0.258. The lowest BCUT2D eigenvalue weighted by Gasteiger charge is -2.11. The maximum absolute atomic E-state index is 12.4. The standard InChI is InChI=1S/C24H22N2O5/c1-3-30-22-15-17(16-25-26-23(27)18-7-5-4-6-8-18)9-14-21(22)31-24(28)19-10-12-20(29-2)13-11-19/h4-16H,3H2,1-2H3,(H,26,27). The highest BCUT2D eigenvalue weighted by atomic mass is 16.6. The van der Waals surface area contributed by atoms with E-state index >= 15 is 0 Å². The molecular weight excluding hydrogens is 396 g/mol. The molecule has 0 aromatic heterocycles. The van der Waals surface area contributed by atoms with Crippen LogP contribution in [0.5, 0.6) is 17.2 Å². The minimum atomic E-state index is -0.514. The molecule has 0 fully saturated rings. The second-order valence-electron chi connectivity index (χ2n) is 6.32. The molecule has 7 heteroatoms. The van der Waals surface area contributed by atoms with E-state index in [1.165, 1.54) is 6.21 Å². The van der Waals surface area contributed by atoms with Gasteiger partial charge in [-0.15, -0.1) is 0 Å². The van der Waals surface area contributed by atoms with Crippen molar-refractivity contribution >= 4 is 18.1 Å². The van der Waals surface area contributed by atoms with E-state index in [1.807, 2.05) is 13.0 Å². The summed E-state index contributed by atoms with van der Waals surface area (Å²) < 4.78 is 16.2. The van der Waals surface area contributed by atoms with Crippen LogP contribution < -0.4 is 19.6 Å². The van der Waals surface area contributed by atoms with Crippen molar-refractivity contribution in [1.82, 2.24) is 5.43 Å². The van der Waals surface area contributed by atoms with E-state index in [0.717, 1.165) is 0 Å². The van der Waals surface area contributed by atoms with Crippen LogP contribution in [0.25, 0.3) is 0 Å². The molecule has 1 amide bonds. The largest absolute Gasteiger partial charge is 0.497 e. The number of ether oxygens (including phenoxy) is 3. The number of nitrogens with one attached hydrogen (secondary N) is 1. The van der Waals surface area contributed by atoms with Gasteiger partial charge in [-0.2, -0.15) is 5.10 Å². The van der Waals surface area contributed by atoms with Gasteiger partial charge in [-0.05, 0) is 67.1 Å². The summed E-state index contributed by atoms with van der Waals surface area (Å²) in [4.78, 5) is 24.5. The van der Waals surface area contributed by atoms with Crippen LogP contribution in [0.2, 0.25) is 0 Å². The molecule has 0 spiro atoms. The molecule has 0 aliphatic heterocycles. The number of methoxy groups -OCH3 is 1. The first kappa shape index (κ1) is 21.6. The summed E-state index contributed by atoms with van der Waals surface area (Å²) in [6.45, 7) is 2.22. The molecular formula is C24H22N2O5. The Morgan fingerprint density at radius 3 is 2.35 bits per heavy atom. The first-order valence-corrected chi connectivity index (χ1v) is 9.62. The number of carbonyl (C=O) groups is 2. The van der Waals surface area contributed by atoms with Crippen LogP contribution in [-0.2, 0) is 0 Å². The highest BCUT2D eigenvalue weighted by molar-refractivity contribution is 5.95. The second-order valence-corrected chi connectivity index (χ2v) is 6.32. The van der Waals surface area contributed by atoms with E-state index < -0.39 is 5.97 Å². The molecule has 0 aliphatic carbocycles. The molecule has 0 unspecified atom stereocenters. The molecule has 158 valence electrons. The van der Waals surface area contributed by atoms with Gasteiger partial charge in [-0.3, -0.25) is 4.79 Å². The van der Waals surface area contributed by atoms with Crippen molar-refractivity contribution in [2.24, 2.45) is 5.10 Å². The van der Waals surface area contributed by atoms with Crippen LogP contribution >= 0.6 is 0 Å². The number of rotatable bonds is 8. The van der Waals surface area contributed by atoms with E-state index in [9.17, 15) is 9.59 Å². The Labute approximate surface area is 180 Å². The topological polar surface area (TPSA) is 86.2 Å². The molecule has 0 bridgehead atoms. The molecule has 0 saturated carbocycles. The van der Waals surface area contributed by atoms with E-state index in [0.29, 0.717) is 34.8 Å². The van der Waals surface area contributed by atoms with Crippen molar-refractivity contribution in [1.29, 1.82) is 0 Å². The third-order valence-corrected chi connectivity index (χ3v) is 4.21. The summed E-state index contributed by atoms with van der Waals surface area (Å²) in [5.41, 5.74) is 4.03. The number of amides is 1. The Bertz CT molecular complexity index is 1060. The van der Waals surface area contributed by atoms with Crippen LogP contribution in [0.4, 0.5) is 0 Å². The minimum Gasteiger partial charge on any atom is -0.497 e. The smallest absolute Gasteiger partial charge is 0.343 e. The number of esters is 1. The van der Waals surface area contributed by atoms with Crippen LogP contribution in [0.3, 0.4) is 0 Å². The predicted octanol–water partition coefficient (Wildman–Crippen LogP) is 4.08. The van der Waals surface area contributed by atoms with Gasteiger partial charge in [0.1, 0.15) is 5.75 Å². The molecule has 31 heavy (non-hydrogen) atoms. The van der Waals surface area contributed by atoms with Gasteiger partial charge < -0.3 is 14.2 Å². The Kier molecular flexibility index (Phi) is 7.37. The number of carbonyl (C=O) groups excluding carboxylic acids is 2. The average molecular weight is 418 g/mol. The van der Waals surface area contributed by atoms with Crippen molar-refractivity contribution in [3.8, 4) is 17.2 Å². The Morgan fingerprint density at radius 1 is 0.935 bits per heavy atom. The summed E-state index contributed by atoms with van der Waals surface area (Å²) in [7, 11) is 1.56. The molecule has 3 aromatic rings. The Hall–Kier alpha value is -4.13. The van der Waals surface area contributed by atoms with Crippen molar-refractivity contribution in [2.45, 2.75) is 6.92 Å². The maximum atomic E-state index is 12.4. The lowest BCUT2D eigenvalue weighted by atomic mass is 10.2. The fraction of sp³-hybridized carbons (Fsp3) is 0.125. The molecule has 0 heterocycles. The minimum absolute atomic E-state index is 0.285. The monoisotopic (exact) mass is 418 g/mol. The lowest BCUT2D eigenvalue weighted by molar-refractivity contribution is 0.0728. The van der Waals surface area contributed by atoms with Gasteiger partial charge in [0.05, 0.1) is 25.5 Å². The zero-order valence-corrected chi connectivity index (χ0v) is 17.2. The first-order chi connectivity index (χ1) is 15.1. The number of benzene rings is 3. The summed E-state index contributed by atoms with van der Waals surface area (Å²) in [5.74, 6) is 0.498. The Balaban J connectivity index is 1.69. The fourth-order valence-electron chi connectivity index (χ4n) is 2.66. The summed E-state index contributed by atoms with van der Waals surface area (Å²) in [6, 6.07) is 20.4. The third-order valence-electron chi connectivity index (χ3n) is 4.21. The zero-order chi connectivity index (χ0) is 22.1. The molecule has 3 rings (SSSR count). The van der Waals surface area contributed by atoms with Crippen molar-refractivity contribution < 1.29 is 23.8 Å². The molecule has 0 radical (unpaired) electrons. The highest BCUT2D eigenvalue weighted by Gasteiger charge is 2.13. The van der Waals surface area contributed by atoms with Crippen molar-refractivity contribution in [3.05, 3.63) is 89.5 Å². The first-order valence-electron chi connectivity index (χ1n) is 9.62. The highest BCUT2D eigenvalue weighted by Crippen LogP contribution is 2.29. The Morgan fingerprint density at radius 2 is 1.68 bits per heavy atom. The van der Waals surface area contributed by atoms with Gasteiger partial charge in [-0.25, -0.2) is 10.2 Å². The van der Waals surface area contributed by atoms with Crippen LogP contribution in [-0.4, -0.2) is 31.8 Å². The number of hydrogen-bond acceptors (Lipinski definition) is 6. The van der Waals surface area contributed by atoms with E-state index in [-0.39, 0.29) is 11.7 Å². The lowest BCUT2D eigenvalue weighted by Crippen LogP contribution is -2.17. The number of hydrazone groups is 1. The van der Waals surface area contributed by atoms with Gasteiger partial charge in [0.2, 0.25) is 0 Å². The van der Waals surface area contributed by atoms with Gasteiger partial charge in [0, 0.05) is 5.56 Å². The predicted molar refractivity (Wildman–Crippen MR) is 117 cm³/mol. The van der Waals surface area contributed by atoms with E-state index in [2.05, 4.69) is 10.5 Å². The summed E-state index contributed by atoms with van der Waals surface area (Å²) in [6.07, 6.45) is 1.48. The normalized spacial score (nSPS) is 10.5. The van der Waals surface area contributed by atoms with Gasteiger partial charge >= 0.3 is 5.97 Å². The average Bonchev–Trinajstić information content (AvgIpc) is 2.81. The fourth-order valence-corrected chi connectivity index (χ4v) is 2.66. The van der Waals surface area contributed by atoms with E-state index in [1.54, 1.807) is 73.8 Å². The molecule has 7 nitrogen and oxygen atoms in total. The molecule has 0 aliphatic rings. The molecule has 0 atom stereocenters. The van der Waals surface area contributed by atoms with Gasteiger partial charge in [0.15, 0.2) is 11.5 Å². The molecule has 0 saturated heterocycles. The second kappa shape index (κ2) is 10.6. The number of nitrogens with zero attached hydrogens (tertiary/aromatic N) is 1. The van der Waals surface area contributed by atoms with Crippen LogP contribution in [0.1, 0.15) is 33.2 Å². The van der Waals surface area contributed by atoms with E-state index in [4.69, 9.17) is 14.2 Å². The number of hydrogen-bond donors (Lipinski definition) is 1. The summed E-state index contributed by atoms with van der Waals surface area (Å²) >= 11 is 0. The van der Waals surface area contributed by atoms with Crippen molar-refractivity contribution in [2.75, 3.05) is 13.7 Å². The van der Waals surface area contributed by atoms with Crippen LogP contribution in [0, 0.1) is 0 Å². The van der Waals surface area contributed by atoms with Crippen LogP contribution in [0.15, 0.2) is 77.9 Å². The van der Waals surface area contributed by atoms with Crippen molar-refractivity contribution in [3.63, 3.8) is 0 Å². The van der Waals surface area contributed by atoms with Gasteiger partial charge in [0.25, 0.3) is 5.91 Å². The van der Waals surface area contributed by atoms with Gasteiger partial charge in [-0.1, -0.05) is 18.2 Å². The molecule has 3 aromatic carbocycles. The SMILES string of the molecule is CCOc1cc(C=NNC(=O)c2ccccc2)ccc1OC(=O)c1ccc(OC)cc1. The third kappa shape index (κ3) is 5.93. The maximum Gasteiger partial charge on any atom is 0.343 e. The zero-order valence-electron chi connectivity index (χ0n) is 17.2. The molecule has 1 N–H and O–H groups in total.